The number of aromatic nitrogens is 1. The van der Waals surface area contributed by atoms with Gasteiger partial charge in [0, 0.05) is 53.7 Å². The molecule has 7 rings (SSSR count). The summed E-state index contributed by atoms with van der Waals surface area (Å²) >= 11 is 0. The SMILES string of the molecule is Cc1c2c(cc3c1c(C1=CC4(C1)CC(C(=O)O)C4)c(C1CCOCC1)n3-c1ccc(F)c(F)c1)C=NC2. The van der Waals surface area contributed by atoms with E-state index in [-0.39, 0.29) is 17.3 Å². The Morgan fingerprint density at radius 3 is 2.62 bits per heavy atom. The summed E-state index contributed by atoms with van der Waals surface area (Å²) in [6.07, 6.45) is 8.11. The van der Waals surface area contributed by atoms with Crippen molar-refractivity contribution in [3.63, 3.8) is 0 Å². The van der Waals surface area contributed by atoms with Crippen LogP contribution < -0.4 is 0 Å². The van der Waals surface area contributed by atoms with Crippen molar-refractivity contribution in [1.82, 2.24) is 4.57 Å². The van der Waals surface area contributed by atoms with Gasteiger partial charge in [-0.25, -0.2) is 8.78 Å². The molecule has 2 fully saturated rings. The van der Waals surface area contributed by atoms with Crippen molar-refractivity contribution in [2.75, 3.05) is 13.2 Å². The number of ether oxygens (including phenoxy) is 1. The number of aryl methyl sites for hydroxylation is 1. The van der Waals surface area contributed by atoms with E-state index < -0.39 is 17.6 Å². The Morgan fingerprint density at radius 1 is 1.16 bits per heavy atom. The molecule has 2 aliphatic carbocycles. The molecule has 0 radical (unpaired) electrons. The molecule has 5 nitrogen and oxygen atoms in total. The van der Waals surface area contributed by atoms with Crippen molar-refractivity contribution >= 4 is 28.7 Å². The molecule has 1 spiro atoms. The van der Waals surface area contributed by atoms with Crippen LogP contribution in [0.3, 0.4) is 0 Å². The standard InChI is InChI=1S/C30H28F2N2O3/c1-16-22-15-33-14-18(22)8-25-26(16)27(19-10-30(11-19)12-20(13-30)29(35)36)28(17-4-6-37-7-5-17)34(25)21-2-3-23(31)24(32)9-21/h2-3,8-10,14,17,20H,4-7,11-13,15H2,1H3,(H,35,36). The number of carboxylic acids is 1. The van der Waals surface area contributed by atoms with Gasteiger partial charge in [0.1, 0.15) is 0 Å². The number of rotatable bonds is 4. The first-order valence-corrected chi connectivity index (χ1v) is 13.0. The molecule has 1 saturated carbocycles. The highest BCUT2D eigenvalue weighted by Crippen LogP contribution is 2.61. The predicted octanol–water partition coefficient (Wildman–Crippen LogP) is 6.31. The summed E-state index contributed by atoms with van der Waals surface area (Å²) in [5.41, 5.74) is 8.55. The lowest BCUT2D eigenvalue weighted by atomic mass is 9.52. The minimum absolute atomic E-state index is 0.0323. The third kappa shape index (κ3) is 3.36. The summed E-state index contributed by atoms with van der Waals surface area (Å²) in [7, 11) is 0. The molecule has 2 aromatic carbocycles. The molecule has 4 aliphatic rings. The molecule has 0 bridgehead atoms. The summed E-state index contributed by atoms with van der Waals surface area (Å²) in [4.78, 5) is 16.0. The number of benzene rings is 2. The van der Waals surface area contributed by atoms with Crippen molar-refractivity contribution in [3.8, 4) is 5.69 Å². The number of halogens is 2. The van der Waals surface area contributed by atoms with Crippen LogP contribution in [0.15, 0.2) is 35.3 Å². The minimum Gasteiger partial charge on any atom is -0.481 e. The summed E-state index contributed by atoms with van der Waals surface area (Å²) in [5.74, 6) is -2.50. The number of fused-ring (bicyclic) bond motifs is 2. The number of aliphatic carboxylic acids is 1. The van der Waals surface area contributed by atoms with E-state index in [2.05, 4.69) is 28.6 Å². The molecule has 0 unspecified atom stereocenters. The molecule has 0 amide bonds. The van der Waals surface area contributed by atoms with E-state index in [1.54, 1.807) is 6.07 Å². The molecule has 1 N–H and O–H groups in total. The number of hydrogen-bond donors (Lipinski definition) is 1. The second-order valence-corrected chi connectivity index (χ2v) is 11.2. The third-order valence-corrected chi connectivity index (χ3v) is 8.96. The van der Waals surface area contributed by atoms with Gasteiger partial charge in [0.05, 0.1) is 18.0 Å². The molecular weight excluding hydrogens is 474 g/mol. The lowest BCUT2D eigenvalue weighted by Crippen LogP contribution is -2.43. The van der Waals surface area contributed by atoms with Gasteiger partial charge in [0.2, 0.25) is 0 Å². The Labute approximate surface area is 213 Å². The van der Waals surface area contributed by atoms with Gasteiger partial charge >= 0.3 is 5.97 Å². The molecular formula is C30H28F2N2O3. The maximum atomic E-state index is 14.5. The maximum Gasteiger partial charge on any atom is 0.306 e. The van der Waals surface area contributed by atoms with E-state index in [0.717, 1.165) is 41.4 Å². The number of nitrogens with zero attached hydrogens (tertiary/aromatic N) is 2. The molecule has 0 atom stereocenters. The van der Waals surface area contributed by atoms with Crippen molar-refractivity contribution in [1.29, 1.82) is 0 Å². The molecule has 7 heteroatoms. The fourth-order valence-corrected chi connectivity index (χ4v) is 7.11. The van der Waals surface area contributed by atoms with Crippen molar-refractivity contribution in [3.05, 3.63) is 69.9 Å². The number of allylic oxidation sites excluding steroid dienone is 2. The van der Waals surface area contributed by atoms with Crippen molar-refractivity contribution < 1.29 is 23.4 Å². The van der Waals surface area contributed by atoms with Gasteiger partial charge in [0.25, 0.3) is 0 Å². The lowest BCUT2D eigenvalue weighted by molar-refractivity contribution is -0.148. The van der Waals surface area contributed by atoms with E-state index in [1.165, 1.54) is 34.4 Å². The number of carbonyl (C=O) groups is 1. The Kier molecular flexibility index (Phi) is 4.99. The average Bonchev–Trinajstić information content (AvgIpc) is 3.43. The van der Waals surface area contributed by atoms with E-state index in [4.69, 9.17) is 4.74 Å². The number of carboxylic acid groups (broad SMARTS) is 1. The second-order valence-electron chi connectivity index (χ2n) is 11.2. The van der Waals surface area contributed by atoms with Gasteiger partial charge < -0.3 is 14.4 Å². The highest BCUT2D eigenvalue weighted by molar-refractivity contribution is 6.04. The fourth-order valence-electron chi connectivity index (χ4n) is 7.11. The molecule has 190 valence electrons. The lowest BCUT2D eigenvalue weighted by Gasteiger charge is -2.51. The largest absolute Gasteiger partial charge is 0.481 e. The molecule has 2 aliphatic heterocycles. The Morgan fingerprint density at radius 2 is 1.92 bits per heavy atom. The summed E-state index contributed by atoms with van der Waals surface area (Å²) in [5, 5.41) is 10.6. The van der Waals surface area contributed by atoms with Crippen molar-refractivity contribution in [2.45, 2.75) is 51.5 Å². The zero-order valence-corrected chi connectivity index (χ0v) is 20.7. The van der Waals surface area contributed by atoms with Gasteiger partial charge in [-0.1, -0.05) is 6.08 Å². The average molecular weight is 503 g/mol. The van der Waals surface area contributed by atoms with Crippen LogP contribution in [-0.2, 0) is 16.1 Å². The van der Waals surface area contributed by atoms with Crippen LogP contribution in [0, 0.1) is 29.9 Å². The van der Waals surface area contributed by atoms with Crippen LogP contribution in [0.2, 0.25) is 0 Å². The Hall–Kier alpha value is -3.32. The number of aliphatic imine (C=N–C) groups is 1. The molecule has 37 heavy (non-hydrogen) atoms. The minimum atomic E-state index is -0.866. The van der Waals surface area contributed by atoms with E-state index in [9.17, 15) is 18.7 Å². The van der Waals surface area contributed by atoms with Crippen molar-refractivity contribution in [2.24, 2.45) is 16.3 Å². The molecule has 3 aromatic rings. The van der Waals surface area contributed by atoms with Crippen LogP contribution in [-0.4, -0.2) is 35.1 Å². The first-order valence-electron chi connectivity index (χ1n) is 13.0. The molecule has 3 heterocycles. The summed E-state index contributed by atoms with van der Waals surface area (Å²) in [6.45, 7) is 4.11. The van der Waals surface area contributed by atoms with Gasteiger partial charge in [0.15, 0.2) is 11.6 Å². The Balaban J connectivity index is 1.50. The highest BCUT2D eigenvalue weighted by atomic mass is 19.2. The van der Waals surface area contributed by atoms with E-state index in [1.807, 2.05) is 6.21 Å². The quantitative estimate of drug-likeness (QED) is 0.455. The molecule has 1 saturated heterocycles. The van der Waals surface area contributed by atoms with E-state index >= 15 is 0 Å². The normalized spacial score (nSPS) is 24.7. The van der Waals surface area contributed by atoms with E-state index in [0.29, 0.717) is 38.3 Å². The van der Waals surface area contributed by atoms with Crippen LogP contribution in [0.5, 0.6) is 0 Å². The zero-order chi connectivity index (χ0) is 25.5. The summed E-state index contributed by atoms with van der Waals surface area (Å²) in [6, 6.07) is 6.28. The van der Waals surface area contributed by atoms with Gasteiger partial charge in [-0.3, -0.25) is 9.79 Å². The van der Waals surface area contributed by atoms with Gasteiger partial charge in [-0.05, 0) is 84.9 Å². The topological polar surface area (TPSA) is 63.8 Å². The van der Waals surface area contributed by atoms with Crippen LogP contribution in [0.1, 0.15) is 66.0 Å². The monoisotopic (exact) mass is 502 g/mol. The van der Waals surface area contributed by atoms with Crippen LogP contribution >= 0.6 is 0 Å². The highest BCUT2D eigenvalue weighted by Gasteiger charge is 2.51. The van der Waals surface area contributed by atoms with Gasteiger partial charge in [-0.2, -0.15) is 0 Å². The maximum absolute atomic E-state index is 14.5. The smallest absolute Gasteiger partial charge is 0.306 e. The van der Waals surface area contributed by atoms with Crippen LogP contribution in [0.25, 0.3) is 22.2 Å². The van der Waals surface area contributed by atoms with Gasteiger partial charge in [-0.15, -0.1) is 0 Å². The Bertz CT molecular complexity index is 1540. The van der Waals surface area contributed by atoms with Crippen LogP contribution in [0.4, 0.5) is 8.78 Å². The molecule has 1 aromatic heterocycles. The first kappa shape index (κ1) is 22.8. The number of hydrogen-bond acceptors (Lipinski definition) is 3. The summed E-state index contributed by atoms with van der Waals surface area (Å²) < 4.78 is 36.3. The zero-order valence-electron chi connectivity index (χ0n) is 20.7. The second kappa shape index (κ2) is 8.09. The fraction of sp³-hybridized carbons (Fsp3) is 0.400. The predicted molar refractivity (Wildman–Crippen MR) is 137 cm³/mol. The first-order chi connectivity index (χ1) is 17.8. The third-order valence-electron chi connectivity index (χ3n) is 8.96.